The van der Waals surface area contributed by atoms with Crippen LogP contribution in [-0.2, 0) is 0 Å². The van der Waals surface area contributed by atoms with Gasteiger partial charge in [0.2, 0.25) is 0 Å². The first kappa shape index (κ1) is 18.5. The molecule has 0 radical (unpaired) electrons. The van der Waals surface area contributed by atoms with E-state index in [9.17, 15) is 27.6 Å². The number of carbonyl (C=O) groups excluding carboxylic acids is 1. The predicted molar refractivity (Wildman–Crippen MR) is 91.9 cm³/mol. The summed E-state index contributed by atoms with van der Waals surface area (Å²) in [6.45, 7) is 0. The Morgan fingerprint density at radius 3 is 2.44 bits per heavy atom. The fourth-order valence-electron chi connectivity index (χ4n) is 2.27. The van der Waals surface area contributed by atoms with Crippen LogP contribution in [0.5, 0.6) is 0 Å². The fraction of sp³-hybridized carbons (Fsp3) is 0. The Morgan fingerprint density at radius 1 is 1.04 bits per heavy atom. The summed E-state index contributed by atoms with van der Waals surface area (Å²) >= 11 is 5.65. The Morgan fingerprint density at radius 2 is 1.78 bits per heavy atom. The van der Waals surface area contributed by atoms with Gasteiger partial charge >= 0.3 is 5.69 Å². The number of nitrogens with zero attached hydrogens (tertiary/aromatic N) is 1. The molecule has 0 aliphatic heterocycles. The maximum absolute atomic E-state index is 13.7. The number of amides is 1. The van der Waals surface area contributed by atoms with E-state index >= 15 is 0 Å². The second kappa shape index (κ2) is 7.12. The molecule has 0 saturated heterocycles. The molecule has 3 aromatic rings. The Kier molecular flexibility index (Phi) is 4.87. The molecule has 1 heterocycles. The van der Waals surface area contributed by atoms with Crippen molar-refractivity contribution in [2.75, 3.05) is 5.32 Å². The van der Waals surface area contributed by atoms with Crippen molar-refractivity contribution in [1.29, 1.82) is 0 Å². The van der Waals surface area contributed by atoms with Crippen molar-refractivity contribution >= 4 is 23.2 Å². The summed E-state index contributed by atoms with van der Waals surface area (Å²) in [4.78, 5) is 39.0. The second-order valence-corrected chi connectivity index (χ2v) is 5.73. The summed E-state index contributed by atoms with van der Waals surface area (Å²) in [5, 5.41) is 1.78. The number of aromatic amines is 1. The van der Waals surface area contributed by atoms with E-state index in [1.807, 2.05) is 0 Å². The SMILES string of the molecule is O=C(Nc1ccc(F)cc1F)c1c[nH]c(=O)n(-c2ccc(F)c(Cl)c2)c1=O. The normalized spacial score (nSPS) is 10.7. The Bertz CT molecular complexity index is 1170. The zero-order valence-electron chi connectivity index (χ0n) is 13.2. The second-order valence-electron chi connectivity index (χ2n) is 5.32. The number of hydrogen-bond donors (Lipinski definition) is 2. The van der Waals surface area contributed by atoms with Crippen LogP contribution in [0.25, 0.3) is 5.69 Å². The van der Waals surface area contributed by atoms with Crippen molar-refractivity contribution in [3.63, 3.8) is 0 Å². The van der Waals surface area contributed by atoms with Crippen LogP contribution < -0.4 is 16.6 Å². The third kappa shape index (κ3) is 3.63. The van der Waals surface area contributed by atoms with Crippen molar-refractivity contribution in [2.24, 2.45) is 0 Å². The molecule has 0 saturated carbocycles. The molecule has 2 N–H and O–H groups in total. The minimum atomic E-state index is -1.04. The van der Waals surface area contributed by atoms with E-state index in [0.717, 1.165) is 36.5 Å². The van der Waals surface area contributed by atoms with E-state index in [2.05, 4.69) is 10.3 Å². The highest BCUT2D eigenvalue weighted by Gasteiger charge is 2.18. The molecular formula is C17H9ClF3N3O3. The van der Waals surface area contributed by atoms with E-state index in [1.54, 1.807) is 0 Å². The molecule has 0 aliphatic rings. The summed E-state index contributed by atoms with van der Waals surface area (Å²) in [6, 6.07) is 5.57. The third-order valence-corrected chi connectivity index (χ3v) is 3.85. The van der Waals surface area contributed by atoms with Gasteiger partial charge in [-0.05, 0) is 30.3 Å². The molecule has 0 atom stereocenters. The lowest BCUT2D eigenvalue weighted by Gasteiger charge is -2.09. The van der Waals surface area contributed by atoms with Gasteiger partial charge in [-0.2, -0.15) is 0 Å². The van der Waals surface area contributed by atoms with Gasteiger partial charge in [-0.3, -0.25) is 9.59 Å². The molecule has 0 unspecified atom stereocenters. The molecule has 2 aromatic carbocycles. The van der Waals surface area contributed by atoms with Crippen LogP contribution in [0.4, 0.5) is 18.9 Å². The van der Waals surface area contributed by atoms with Crippen LogP contribution in [0.3, 0.4) is 0 Å². The summed E-state index contributed by atoms with van der Waals surface area (Å²) in [6.07, 6.45) is 0.850. The molecule has 1 aromatic heterocycles. The number of hydrogen-bond acceptors (Lipinski definition) is 3. The number of rotatable bonds is 3. The van der Waals surface area contributed by atoms with Gasteiger partial charge in [-0.15, -0.1) is 0 Å². The molecule has 138 valence electrons. The third-order valence-electron chi connectivity index (χ3n) is 3.56. The molecule has 0 aliphatic carbocycles. The van der Waals surface area contributed by atoms with E-state index in [1.165, 1.54) is 0 Å². The van der Waals surface area contributed by atoms with Gasteiger partial charge in [0, 0.05) is 12.3 Å². The molecule has 0 fully saturated rings. The quantitative estimate of drug-likeness (QED) is 0.715. The van der Waals surface area contributed by atoms with Crippen LogP contribution in [-0.4, -0.2) is 15.5 Å². The lowest BCUT2D eigenvalue weighted by atomic mass is 10.2. The number of halogens is 4. The maximum atomic E-state index is 13.7. The Balaban J connectivity index is 2.04. The lowest BCUT2D eigenvalue weighted by Crippen LogP contribution is -2.38. The average molecular weight is 396 g/mol. The lowest BCUT2D eigenvalue weighted by molar-refractivity contribution is 0.102. The summed E-state index contributed by atoms with van der Waals surface area (Å²) in [5.41, 5.74) is -2.90. The molecule has 0 bridgehead atoms. The van der Waals surface area contributed by atoms with Gasteiger partial charge in [-0.1, -0.05) is 11.6 Å². The maximum Gasteiger partial charge on any atom is 0.333 e. The standard InChI is InChI=1S/C17H9ClF3N3O3/c18-11-6-9(2-3-12(11)20)24-16(26)10(7-22-17(24)27)15(25)23-14-4-1-8(19)5-13(14)21/h1-7H,(H,22,27)(H,23,25). The van der Waals surface area contributed by atoms with Crippen LogP contribution in [0.15, 0.2) is 52.2 Å². The summed E-state index contributed by atoms with van der Waals surface area (Å²) in [5.74, 6) is -3.68. The number of anilines is 1. The number of carbonyl (C=O) groups is 1. The van der Waals surface area contributed by atoms with Crippen LogP contribution in [0.2, 0.25) is 5.02 Å². The highest BCUT2D eigenvalue weighted by atomic mass is 35.5. The topological polar surface area (TPSA) is 84.0 Å². The molecule has 6 nitrogen and oxygen atoms in total. The average Bonchev–Trinajstić information content (AvgIpc) is 2.60. The zero-order chi connectivity index (χ0) is 19.7. The van der Waals surface area contributed by atoms with Crippen LogP contribution in [0.1, 0.15) is 10.4 Å². The first-order chi connectivity index (χ1) is 12.8. The highest BCUT2D eigenvalue weighted by Crippen LogP contribution is 2.18. The van der Waals surface area contributed by atoms with E-state index < -0.39 is 40.2 Å². The summed E-state index contributed by atoms with van der Waals surface area (Å²) < 4.78 is 40.5. The highest BCUT2D eigenvalue weighted by molar-refractivity contribution is 6.30. The smallest absolute Gasteiger partial charge is 0.319 e. The number of H-pyrrole nitrogens is 1. The minimum absolute atomic E-state index is 0.0738. The van der Waals surface area contributed by atoms with Crippen molar-refractivity contribution < 1.29 is 18.0 Å². The number of nitrogens with one attached hydrogen (secondary N) is 2. The molecule has 3 rings (SSSR count). The summed E-state index contributed by atoms with van der Waals surface area (Å²) in [7, 11) is 0. The molecule has 0 spiro atoms. The number of benzene rings is 2. The van der Waals surface area contributed by atoms with Crippen molar-refractivity contribution in [3.8, 4) is 5.69 Å². The molecule has 1 amide bonds. The van der Waals surface area contributed by atoms with Crippen LogP contribution >= 0.6 is 11.6 Å². The van der Waals surface area contributed by atoms with E-state index in [4.69, 9.17) is 11.6 Å². The molecule has 27 heavy (non-hydrogen) atoms. The number of aromatic nitrogens is 2. The van der Waals surface area contributed by atoms with Gasteiger partial charge in [0.15, 0.2) is 0 Å². The zero-order valence-corrected chi connectivity index (χ0v) is 14.0. The predicted octanol–water partition coefficient (Wildman–Crippen LogP) is 2.85. The van der Waals surface area contributed by atoms with Gasteiger partial charge in [-0.25, -0.2) is 22.5 Å². The van der Waals surface area contributed by atoms with Gasteiger partial charge in [0.1, 0.15) is 23.0 Å². The largest absolute Gasteiger partial charge is 0.333 e. The fourth-order valence-corrected chi connectivity index (χ4v) is 2.45. The van der Waals surface area contributed by atoms with Gasteiger partial charge in [0.05, 0.1) is 16.4 Å². The Hall–Kier alpha value is -3.33. The van der Waals surface area contributed by atoms with Crippen molar-refractivity contribution in [1.82, 2.24) is 9.55 Å². The van der Waals surface area contributed by atoms with Crippen molar-refractivity contribution in [2.45, 2.75) is 0 Å². The van der Waals surface area contributed by atoms with Crippen molar-refractivity contribution in [3.05, 3.63) is 91.5 Å². The Labute approximate surface area is 153 Å². The first-order valence-electron chi connectivity index (χ1n) is 7.34. The molecule has 10 heteroatoms. The first-order valence-corrected chi connectivity index (χ1v) is 7.72. The monoisotopic (exact) mass is 395 g/mol. The van der Waals surface area contributed by atoms with Crippen LogP contribution in [0, 0.1) is 17.5 Å². The van der Waals surface area contributed by atoms with Gasteiger partial charge in [0.25, 0.3) is 11.5 Å². The van der Waals surface area contributed by atoms with E-state index in [0.29, 0.717) is 10.6 Å². The van der Waals surface area contributed by atoms with Gasteiger partial charge < -0.3 is 10.3 Å². The molecular weight excluding hydrogens is 387 g/mol. The minimum Gasteiger partial charge on any atom is -0.319 e. The van der Waals surface area contributed by atoms with E-state index in [-0.39, 0.29) is 16.4 Å².